The molecule has 4 nitrogen and oxygen atoms in total. The van der Waals surface area contributed by atoms with Gasteiger partial charge in [0.1, 0.15) is 5.69 Å². The lowest BCUT2D eigenvalue weighted by Crippen LogP contribution is -2.53. The molecule has 1 heterocycles. The molecule has 1 aliphatic rings. The van der Waals surface area contributed by atoms with E-state index in [0.29, 0.717) is 5.69 Å². The van der Waals surface area contributed by atoms with Crippen molar-refractivity contribution in [2.75, 3.05) is 20.6 Å². The lowest BCUT2D eigenvalue weighted by Gasteiger charge is -2.43. The summed E-state index contributed by atoms with van der Waals surface area (Å²) in [4.78, 5) is 17.3. The van der Waals surface area contributed by atoms with Crippen LogP contribution in [0.1, 0.15) is 42.6 Å². The van der Waals surface area contributed by atoms with Gasteiger partial charge >= 0.3 is 0 Å². The fourth-order valence-electron chi connectivity index (χ4n) is 2.83. The van der Waals surface area contributed by atoms with E-state index in [4.69, 9.17) is 0 Å². The van der Waals surface area contributed by atoms with Gasteiger partial charge in [0.25, 0.3) is 5.91 Å². The van der Waals surface area contributed by atoms with Crippen molar-refractivity contribution >= 4 is 21.8 Å². The summed E-state index contributed by atoms with van der Waals surface area (Å²) in [5, 5.41) is 3.07. The Labute approximate surface area is 123 Å². The lowest BCUT2D eigenvalue weighted by atomic mass is 9.80. The van der Waals surface area contributed by atoms with E-state index in [1.54, 1.807) is 12.3 Å². The Kier molecular flexibility index (Phi) is 4.68. The van der Waals surface area contributed by atoms with Crippen LogP contribution in [0.5, 0.6) is 0 Å². The number of carbonyl (C=O) groups excluding carboxylic acids is 1. The Morgan fingerprint density at radius 3 is 2.63 bits per heavy atom. The summed E-state index contributed by atoms with van der Waals surface area (Å²) < 4.78 is 0.901. The normalized spacial score (nSPS) is 18.5. The Hall–Kier alpha value is -0.810. The minimum atomic E-state index is -0.0301. The van der Waals surface area contributed by atoms with E-state index in [1.807, 2.05) is 0 Å². The van der Waals surface area contributed by atoms with Crippen molar-refractivity contribution in [3.63, 3.8) is 0 Å². The van der Waals surface area contributed by atoms with Crippen molar-refractivity contribution in [2.24, 2.45) is 0 Å². The van der Waals surface area contributed by atoms with Gasteiger partial charge in [-0.3, -0.25) is 4.79 Å². The molecule has 2 N–H and O–H groups in total. The van der Waals surface area contributed by atoms with Crippen LogP contribution in [0.2, 0.25) is 0 Å². The van der Waals surface area contributed by atoms with Crippen molar-refractivity contribution in [3.8, 4) is 0 Å². The zero-order valence-electron chi connectivity index (χ0n) is 11.6. The Morgan fingerprint density at radius 1 is 1.42 bits per heavy atom. The quantitative estimate of drug-likeness (QED) is 0.893. The third kappa shape index (κ3) is 3.39. The number of nitrogens with zero attached hydrogens (tertiary/aromatic N) is 1. The van der Waals surface area contributed by atoms with Gasteiger partial charge in [-0.2, -0.15) is 0 Å². The number of H-pyrrole nitrogens is 1. The van der Waals surface area contributed by atoms with Crippen LogP contribution < -0.4 is 5.32 Å². The van der Waals surface area contributed by atoms with Crippen LogP contribution in [0, 0.1) is 0 Å². The van der Waals surface area contributed by atoms with E-state index in [1.165, 1.54) is 19.3 Å². The molecule has 5 heteroatoms. The molecule has 0 saturated heterocycles. The third-order valence-electron chi connectivity index (χ3n) is 4.20. The minimum Gasteiger partial charge on any atom is -0.356 e. The average Bonchev–Trinajstić information content (AvgIpc) is 2.83. The Balaban J connectivity index is 1.97. The summed E-state index contributed by atoms with van der Waals surface area (Å²) in [6.07, 6.45) is 7.91. The zero-order valence-corrected chi connectivity index (χ0v) is 13.2. The maximum Gasteiger partial charge on any atom is 0.267 e. The topological polar surface area (TPSA) is 48.1 Å². The summed E-state index contributed by atoms with van der Waals surface area (Å²) in [5.74, 6) is -0.0301. The lowest BCUT2D eigenvalue weighted by molar-refractivity contribution is 0.0796. The van der Waals surface area contributed by atoms with Gasteiger partial charge in [0.15, 0.2) is 0 Å². The highest BCUT2D eigenvalue weighted by Crippen LogP contribution is 2.31. The van der Waals surface area contributed by atoms with E-state index in [0.717, 1.165) is 23.9 Å². The molecule has 1 aromatic heterocycles. The summed E-state index contributed by atoms with van der Waals surface area (Å²) in [6, 6.07) is 1.80. The van der Waals surface area contributed by atoms with Gasteiger partial charge in [0.05, 0.1) is 0 Å². The number of carbonyl (C=O) groups is 1. The predicted molar refractivity (Wildman–Crippen MR) is 80.3 cm³/mol. The molecule has 0 aliphatic heterocycles. The van der Waals surface area contributed by atoms with Gasteiger partial charge in [-0.15, -0.1) is 0 Å². The van der Waals surface area contributed by atoms with Crippen LogP contribution in [0.3, 0.4) is 0 Å². The molecule has 0 bridgehead atoms. The molecule has 1 aromatic rings. The van der Waals surface area contributed by atoms with E-state index in [9.17, 15) is 4.79 Å². The first-order valence-corrected chi connectivity index (χ1v) is 7.62. The van der Waals surface area contributed by atoms with Crippen molar-refractivity contribution < 1.29 is 4.79 Å². The largest absolute Gasteiger partial charge is 0.356 e. The maximum absolute atomic E-state index is 12.1. The molecule has 0 radical (unpaired) electrons. The SMILES string of the molecule is CN(C)C1(CNC(=O)c2cc(Br)c[nH]2)CCCCC1. The second kappa shape index (κ2) is 6.09. The highest BCUT2D eigenvalue weighted by Gasteiger charge is 2.34. The number of halogens is 1. The highest BCUT2D eigenvalue weighted by molar-refractivity contribution is 9.10. The smallest absolute Gasteiger partial charge is 0.267 e. The van der Waals surface area contributed by atoms with Crippen molar-refractivity contribution in [1.82, 2.24) is 15.2 Å². The molecule has 19 heavy (non-hydrogen) atoms. The molecule has 1 aliphatic carbocycles. The van der Waals surface area contributed by atoms with Crippen molar-refractivity contribution in [3.05, 3.63) is 22.4 Å². The number of aromatic nitrogens is 1. The number of amides is 1. The van der Waals surface area contributed by atoms with Gasteiger partial charge in [-0.05, 0) is 48.9 Å². The van der Waals surface area contributed by atoms with Crippen molar-refractivity contribution in [2.45, 2.75) is 37.6 Å². The fraction of sp³-hybridized carbons (Fsp3) is 0.643. The molecular weight excluding hydrogens is 306 g/mol. The summed E-state index contributed by atoms with van der Waals surface area (Å²) in [6.45, 7) is 0.718. The minimum absolute atomic E-state index is 0.0301. The van der Waals surface area contributed by atoms with Gasteiger partial charge in [-0.25, -0.2) is 0 Å². The van der Waals surface area contributed by atoms with Gasteiger partial charge in [0, 0.05) is 22.8 Å². The van der Waals surface area contributed by atoms with Gasteiger partial charge < -0.3 is 15.2 Å². The van der Waals surface area contributed by atoms with Gasteiger partial charge in [0.2, 0.25) is 0 Å². The molecule has 0 aromatic carbocycles. The molecule has 0 atom stereocenters. The summed E-state index contributed by atoms with van der Waals surface area (Å²) >= 11 is 3.34. The number of hydrogen-bond donors (Lipinski definition) is 2. The Morgan fingerprint density at radius 2 is 2.11 bits per heavy atom. The number of rotatable bonds is 4. The molecule has 1 amide bonds. The number of nitrogens with one attached hydrogen (secondary N) is 2. The third-order valence-corrected chi connectivity index (χ3v) is 4.66. The number of likely N-dealkylation sites (N-methyl/N-ethyl adjacent to an activating group) is 1. The van der Waals surface area contributed by atoms with Crippen LogP contribution in [-0.4, -0.2) is 42.0 Å². The average molecular weight is 328 g/mol. The maximum atomic E-state index is 12.1. The first kappa shape index (κ1) is 14.6. The molecular formula is C14H22BrN3O. The first-order chi connectivity index (χ1) is 9.03. The van der Waals surface area contributed by atoms with Gasteiger partial charge in [-0.1, -0.05) is 19.3 Å². The van der Waals surface area contributed by atoms with E-state index < -0.39 is 0 Å². The predicted octanol–water partition coefficient (Wildman–Crippen LogP) is 2.77. The van der Waals surface area contributed by atoms with E-state index in [2.05, 4.69) is 45.2 Å². The first-order valence-electron chi connectivity index (χ1n) is 6.83. The zero-order chi connectivity index (χ0) is 13.9. The molecule has 0 unspecified atom stereocenters. The van der Waals surface area contributed by atoms with Crippen LogP contribution in [0.25, 0.3) is 0 Å². The Bertz CT molecular complexity index is 436. The van der Waals surface area contributed by atoms with Crippen LogP contribution in [0.4, 0.5) is 0 Å². The molecule has 106 valence electrons. The standard InChI is InChI=1S/C14H22BrN3O/c1-18(2)14(6-4-3-5-7-14)10-17-13(19)12-8-11(15)9-16-12/h8-9,16H,3-7,10H2,1-2H3,(H,17,19). The molecule has 1 fully saturated rings. The van der Waals surface area contributed by atoms with Crippen LogP contribution in [0.15, 0.2) is 16.7 Å². The molecule has 1 saturated carbocycles. The van der Waals surface area contributed by atoms with Crippen LogP contribution in [-0.2, 0) is 0 Å². The number of hydrogen-bond acceptors (Lipinski definition) is 2. The van der Waals surface area contributed by atoms with Crippen LogP contribution >= 0.6 is 15.9 Å². The van der Waals surface area contributed by atoms with E-state index in [-0.39, 0.29) is 11.4 Å². The molecule has 2 rings (SSSR count). The summed E-state index contributed by atoms with van der Waals surface area (Å²) in [7, 11) is 4.23. The monoisotopic (exact) mass is 327 g/mol. The van der Waals surface area contributed by atoms with Crippen molar-refractivity contribution in [1.29, 1.82) is 0 Å². The molecule has 0 spiro atoms. The summed E-state index contributed by atoms with van der Waals surface area (Å²) in [5.41, 5.74) is 0.731. The van der Waals surface area contributed by atoms with E-state index >= 15 is 0 Å². The number of aromatic amines is 1. The second-order valence-electron chi connectivity index (χ2n) is 5.59. The second-order valence-corrected chi connectivity index (χ2v) is 6.51. The fourth-order valence-corrected chi connectivity index (χ4v) is 3.17. The highest BCUT2D eigenvalue weighted by atomic mass is 79.9.